The predicted molar refractivity (Wildman–Crippen MR) is 79.0 cm³/mol. The fourth-order valence-corrected chi connectivity index (χ4v) is 2.26. The summed E-state index contributed by atoms with van der Waals surface area (Å²) in [5.41, 5.74) is 5.79. The quantitative estimate of drug-likeness (QED) is 0.645. The van der Waals surface area contributed by atoms with Crippen molar-refractivity contribution in [3.63, 3.8) is 0 Å². The summed E-state index contributed by atoms with van der Waals surface area (Å²) >= 11 is 0. The predicted octanol–water partition coefficient (Wildman–Crippen LogP) is 0.114. The molecular formula is C14H30N4O. The zero-order valence-electron chi connectivity index (χ0n) is 12.7. The lowest BCUT2D eigenvalue weighted by molar-refractivity contribution is -0.123. The van der Waals surface area contributed by atoms with Crippen LogP contribution in [-0.2, 0) is 4.79 Å². The number of amides is 1. The van der Waals surface area contributed by atoms with Crippen LogP contribution in [0.4, 0.5) is 0 Å². The highest BCUT2D eigenvalue weighted by molar-refractivity contribution is 5.81. The zero-order chi connectivity index (χ0) is 14.3. The third-order valence-electron chi connectivity index (χ3n) is 3.88. The molecule has 0 aromatic rings. The van der Waals surface area contributed by atoms with Gasteiger partial charge in [-0.2, -0.15) is 0 Å². The van der Waals surface area contributed by atoms with E-state index in [1.54, 1.807) is 0 Å². The van der Waals surface area contributed by atoms with Gasteiger partial charge in [-0.1, -0.05) is 20.8 Å². The highest BCUT2D eigenvalue weighted by Gasteiger charge is 2.17. The van der Waals surface area contributed by atoms with Crippen LogP contribution in [0.3, 0.4) is 0 Å². The van der Waals surface area contributed by atoms with Crippen LogP contribution in [0.15, 0.2) is 0 Å². The van der Waals surface area contributed by atoms with E-state index in [0.29, 0.717) is 0 Å². The Hall–Kier alpha value is -0.650. The van der Waals surface area contributed by atoms with Crippen molar-refractivity contribution >= 4 is 5.91 Å². The maximum atomic E-state index is 11.7. The lowest BCUT2D eigenvalue weighted by atomic mass is 10.1. The first-order valence-electron chi connectivity index (χ1n) is 7.52. The van der Waals surface area contributed by atoms with E-state index in [0.717, 1.165) is 39.1 Å². The smallest absolute Gasteiger partial charge is 0.237 e. The number of rotatable bonds is 7. The van der Waals surface area contributed by atoms with E-state index in [9.17, 15) is 4.79 Å². The van der Waals surface area contributed by atoms with Crippen LogP contribution >= 0.6 is 0 Å². The molecule has 0 unspecified atom stereocenters. The zero-order valence-corrected chi connectivity index (χ0v) is 12.7. The lowest BCUT2D eigenvalue weighted by Crippen LogP contribution is -2.47. The van der Waals surface area contributed by atoms with Crippen LogP contribution in [0.2, 0.25) is 0 Å². The van der Waals surface area contributed by atoms with Gasteiger partial charge in [0.05, 0.1) is 6.04 Å². The van der Waals surface area contributed by atoms with Crippen molar-refractivity contribution in [2.75, 3.05) is 45.8 Å². The Balaban J connectivity index is 2.07. The Kier molecular flexibility index (Phi) is 7.34. The molecule has 5 heteroatoms. The number of nitrogens with zero attached hydrogens (tertiary/aromatic N) is 2. The molecule has 1 heterocycles. The summed E-state index contributed by atoms with van der Waals surface area (Å²) in [7, 11) is 0. The number of nitrogens with one attached hydrogen (secondary N) is 1. The second kappa shape index (κ2) is 8.51. The highest BCUT2D eigenvalue weighted by atomic mass is 16.2. The molecule has 0 saturated carbocycles. The van der Waals surface area contributed by atoms with Gasteiger partial charge < -0.3 is 20.9 Å². The van der Waals surface area contributed by atoms with Gasteiger partial charge in [0, 0.05) is 32.7 Å². The Bertz CT molecular complexity index is 262. The number of carbonyl (C=O) groups is 1. The van der Waals surface area contributed by atoms with Gasteiger partial charge in [0.25, 0.3) is 0 Å². The monoisotopic (exact) mass is 270 g/mol. The number of carbonyl (C=O) groups excluding carboxylic acids is 1. The van der Waals surface area contributed by atoms with Crippen LogP contribution in [0.1, 0.15) is 27.2 Å². The van der Waals surface area contributed by atoms with E-state index in [2.05, 4.69) is 22.0 Å². The van der Waals surface area contributed by atoms with Crippen molar-refractivity contribution in [1.82, 2.24) is 15.1 Å². The fourth-order valence-electron chi connectivity index (χ4n) is 2.26. The first kappa shape index (κ1) is 16.4. The standard InChI is InChI=1S/C14H30N4O/c1-4-17-8-10-18(11-9-17)7-5-6-16-14(19)13(15)12(2)3/h12-13H,4-11,15H2,1-3H3,(H,16,19)/t13-/m0/s1. The minimum absolute atomic E-state index is 0.0224. The summed E-state index contributed by atoms with van der Waals surface area (Å²) in [6.45, 7) is 13.7. The Morgan fingerprint density at radius 2 is 1.79 bits per heavy atom. The summed E-state index contributed by atoms with van der Waals surface area (Å²) in [4.78, 5) is 16.6. The first-order chi connectivity index (χ1) is 9.04. The van der Waals surface area contributed by atoms with Gasteiger partial charge in [0.2, 0.25) is 5.91 Å². The number of nitrogens with two attached hydrogens (primary N) is 1. The normalized spacial score (nSPS) is 19.6. The Morgan fingerprint density at radius 1 is 1.21 bits per heavy atom. The Labute approximate surface area is 117 Å². The molecule has 5 nitrogen and oxygen atoms in total. The van der Waals surface area contributed by atoms with E-state index < -0.39 is 0 Å². The largest absolute Gasteiger partial charge is 0.355 e. The minimum Gasteiger partial charge on any atom is -0.355 e. The molecular weight excluding hydrogens is 240 g/mol. The molecule has 1 fully saturated rings. The van der Waals surface area contributed by atoms with Gasteiger partial charge in [-0.05, 0) is 25.4 Å². The Morgan fingerprint density at radius 3 is 2.32 bits per heavy atom. The van der Waals surface area contributed by atoms with Gasteiger partial charge in [-0.3, -0.25) is 4.79 Å². The summed E-state index contributed by atoms with van der Waals surface area (Å²) in [6.07, 6.45) is 1.00. The van der Waals surface area contributed by atoms with Crippen molar-refractivity contribution < 1.29 is 4.79 Å². The molecule has 1 amide bonds. The highest BCUT2D eigenvalue weighted by Crippen LogP contribution is 2.02. The van der Waals surface area contributed by atoms with E-state index >= 15 is 0 Å². The third kappa shape index (κ3) is 5.89. The molecule has 1 aliphatic heterocycles. The number of likely N-dealkylation sites (N-methyl/N-ethyl adjacent to an activating group) is 1. The van der Waals surface area contributed by atoms with E-state index in [-0.39, 0.29) is 17.9 Å². The SMILES string of the molecule is CCN1CCN(CCCNC(=O)[C@@H](N)C(C)C)CC1. The van der Waals surface area contributed by atoms with Crippen LogP contribution < -0.4 is 11.1 Å². The molecule has 1 aliphatic rings. The molecule has 0 spiro atoms. The maximum absolute atomic E-state index is 11.7. The van der Waals surface area contributed by atoms with E-state index in [1.807, 2.05) is 13.8 Å². The minimum atomic E-state index is -0.381. The van der Waals surface area contributed by atoms with Gasteiger partial charge >= 0.3 is 0 Å². The van der Waals surface area contributed by atoms with Crippen molar-refractivity contribution in [2.45, 2.75) is 33.2 Å². The van der Waals surface area contributed by atoms with Gasteiger partial charge in [0.1, 0.15) is 0 Å². The molecule has 0 bridgehead atoms. The fraction of sp³-hybridized carbons (Fsp3) is 0.929. The van der Waals surface area contributed by atoms with E-state index in [1.165, 1.54) is 13.1 Å². The molecule has 0 aliphatic carbocycles. The molecule has 112 valence electrons. The van der Waals surface area contributed by atoms with Gasteiger partial charge in [-0.25, -0.2) is 0 Å². The van der Waals surface area contributed by atoms with Crippen molar-refractivity contribution in [2.24, 2.45) is 11.7 Å². The second-order valence-corrected chi connectivity index (χ2v) is 5.69. The first-order valence-corrected chi connectivity index (χ1v) is 7.52. The summed E-state index contributed by atoms with van der Waals surface area (Å²) < 4.78 is 0. The van der Waals surface area contributed by atoms with Gasteiger partial charge in [-0.15, -0.1) is 0 Å². The van der Waals surface area contributed by atoms with Crippen molar-refractivity contribution in [3.8, 4) is 0 Å². The van der Waals surface area contributed by atoms with E-state index in [4.69, 9.17) is 5.73 Å². The van der Waals surface area contributed by atoms with Crippen LogP contribution in [-0.4, -0.2) is 67.6 Å². The van der Waals surface area contributed by atoms with Crippen molar-refractivity contribution in [3.05, 3.63) is 0 Å². The molecule has 19 heavy (non-hydrogen) atoms. The third-order valence-corrected chi connectivity index (χ3v) is 3.88. The number of piperazine rings is 1. The second-order valence-electron chi connectivity index (χ2n) is 5.69. The molecule has 1 saturated heterocycles. The van der Waals surface area contributed by atoms with Crippen molar-refractivity contribution in [1.29, 1.82) is 0 Å². The van der Waals surface area contributed by atoms with Crippen LogP contribution in [0.5, 0.6) is 0 Å². The summed E-state index contributed by atoms with van der Waals surface area (Å²) in [6, 6.07) is -0.381. The molecule has 1 rings (SSSR count). The summed E-state index contributed by atoms with van der Waals surface area (Å²) in [5.74, 6) is 0.174. The van der Waals surface area contributed by atoms with Crippen LogP contribution in [0.25, 0.3) is 0 Å². The molecule has 0 aromatic heterocycles. The van der Waals surface area contributed by atoms with Crippen LogP contribution in [0, 0.1) is 5.92 Å². The number of hydrogen-bond donors (Lipinski definition) is 2. The molecule has 0 radical (unpaired) electrons. The van der Waals surface area contributed by atoms with Gasteiger partial charge in [0.15, 0.2) is 0 Å². The topological polar surface area (TPSA) is 61.6 Å². The maximum Gasteiger partial charge on any atom is 0.237 e. The molecule has 0 aromatic carbocycles. The molecule has 3 N–H and O–H groups in total. The lowest BCUT2D eigenvalue weighted by Gasteiger charge is -2.34. The average Bonchev–Trinajstić information content (AvgIpc) is 2.43. The average molecular weight is 270 g/mol. The number of hydrogen-bond acceptors (Lipinski definition) is 4. The summed E-state index contributed by atoms with van der Waals surface area (Å²) in [5, 5.41) is 2.92. The molecule has 1 atom stereocenters.